The summed E-state index contributed by atoms with van der Waals surface area (Å²) in [6, 6.07) is 7.57. The Hall–Kier alpha value is -2.74. The molecule has 0 aliphatic rings. The van der Waals surface area contributed by atoms with E-state index in [2.05, 4.69) is 22.7 Å². The maximum absolute atomic E-state index is 12.0. The van der Waals surface area contributed by atoms with Gasteiger partial charge >= 0.3 is 0 Å². The van der Waals surface area contributed by atoms with E-state index in [1.807, 2.05) is 0 Å². The van der Waals surface area contributed by atoms with Crippen molar-refractivity contribution >= 4 is 11.6 Å². The van der Waals surface area contributed by atoms with Crippen LogP contribution in [0.3, 0.4) is 0 Å². The molecule has 0 aliphatic carbocycles. The Bertz CT molecular complexity index is 666. The van der Waals surface area contributed by atoms with Crippen molar-refractivity contribution in [3.63, 3.8) is 0 Å². The van der Waals surface area contributed by atoms with Gasteiger partial charge in [0.1, 0.15) is 0 Å². The molecule has 8 nitrogen and oxygen atoms in total. The summed E-state index contributed by atoms with van der Waals surface area (Å²) < 4.78 is 1.51. The van der Waals surface area contributed by atoms with E-state index in [0.29, 0.717) is 24.5 Å². The van der Waals surface area contributed by atoms with E-state index in [0.717, 1.165) is 13.0 Å². The minimum Gasteiger partial charge on any atom is -0.349 e. The lowest BCUT2D eigenvalue weighted by Gasteiger charge is -2.04. The van der Waals surface area contributed by atoms with Crippen LogP contribution < -0.4 is 10.6 Å². The molecule has 2 N–H and O–H groups in total. The largest absolute Gasteiger partial charge is 0.349 e. The second-order valence-electron chi connectivity index (χ2n) is 4.92. The van der Waals surface area contributed by atoms with Gasteiger partial charge in [0.05, 0.1) is 10.6 Å². The van der Waals surface area contributed by atoms with E-state index >= 15 is 0 Å². The van der Waals surface area contributed by atoms with Gasteiger partial charge in [0.25, 0.3) is 11.6 Å². The lowest BCUT2D eigenvalue weighted by molar-refractivity contribution is -0.384. The van der Waals surface area contributed by atoms with Crippen molar-refractivity contribution in [2.45, 2.75) is 13.3 Å². The van der Waals surface area contributed by atoms with Gasteiger partial charge in [0, 0.05) is 31.4 Å². The Labute approximate surface area is 133 Å². The molecule has 2 aromatic rings. The van der Waals surface area contributed by atoms with Crippen LogP contribution in [0.1, 0.15) is 23.8 Å². The molecule has 8 heteroatoms. The summed E-state index contributed by atoms with van der Waals surface area (Å²) >= 11 is 0. The zero-order chi connectivity index (χ0) is 16.7. The highest BCUT2D eigenvalue weighted by molar-refractivity contribution is 5.92. The Kier molecular flexibility index (Phi) is 5.81. The van der Waals surface area contributed by atoms with E-state index in [1.165, 1.54) is 16.8 Å². The molecule has 0 fully saturated rings. The second kappa shape index (κ2) is 8.04. The quantitative estimate of drug-likeness (QED) is 0.436. The summed E-state index contributed by atoms with van der Waals surface area (Å²) in [5, 5.41) is 20.8. The maximum Gasteiger partial charge on any atom is 0.271 e. The van der Waals surface area contributed by atoms with Crippen molar-refractivity contribution in [2.24, 2.45) is 0 Å². The van der Waals surface area contributed by atoms with Gasteiger partial charge in [-0.25, -0.2) is 4.68 Å². The number of nitro groups is 1. The Morgan fingerprint density at radius 2 is 1.96 bits per heavy atom. The maximum atomic E-state index is 12.0. The van der Waals surface area contributed by atoms with E-state index in [1.54, 1.807) is 24.4 Å². The van der Waals surface area contributed by atoms with E-state index in [-0.39, 0.29) is 11.6 Å². The molecule has 0 saturated heterocycles. The molecule has 0 spiro atoms. The van der Waals surface area contributed by atoms with Crippen LogP contribution in [0.2, 0.25) is 0 Å². The zero-order valence-electron chi connectivity index (χ0n) is 12.9. The Balaban J connectivity index is 1.94. The third-order valence-corrected chi connectivity index (χ3v) is 3.16. The molecule has 1 aromatic carbocycles. The van der Waals surface area contributed by atoms with E-state index < -0.39 is 4.92 Å². The van der Waals surface area contributed by atoms with Gasteiger partial charge in [0.2, 0.25) is 0 Å². The molecule has 0 aliphatic heterocycles. The first kappa shape index (κ1) is 16.6. The molecule has 122 valence electrons. The molecule has 2 rings (SSSR count). The normalized spacial score (nSPS) is 10.5. The predicted octanol–water partition coefficient (Wildman–Crippen LogP) is 1.51. The van der Waals surface area contributed by atoms with Crippen LogP contribution in [0.15, 0.2) is 36.5 Å². The molecule has 0 unspecified atom stereocenters. The molecular formula is C15H19N5O3. The van der Waals surface area contributed by atoms with E-state index in [9.17, 15) is 14.9 Å². The van der Waals surface area contributed by atoms with Crippen molar-refractivity contribution in [3.05, 3.63) is 52.3 Å². The molecule has 23 heavy (non-hydrogen) atoms. The molecule has 0 radical (unpaired) electrons. The first-order valence-electron chi connectivity index (χ1n) is 7.41. The monoisotopic (exact) mass is 317 g/mol. The van der Waals surface area contributed by atoms with Gasteiger partial charge < -0.3 is 10.6 Å². The van der Waals surface area contributed by atoms with Gasteiger partial charge in [0.15, 0.2) is 5.69 Å². The molecule has 0 atom stereocenters. The van der Waals surface area contributed by atoms with Crippen molar-refractivity contribution in [1.82, 2.24) is 20.4 Å². The number of rotatable bonds is 8. The predicted molar refractivity (Wildman–Crippen MR) is 85.7 cm³/mol. The highest BCUT2D eigenvalue weighted by atomic mass is 16.6. The van der Waals surface area contributed by atoms with Crippen LogP contribution in [0.4, 0.5) is 5.69 Å². The second-order valence-corrected chi connectivity index (χ2v) is 4.92. The highest BCUT2D eigenvalue weighted by Gasteiger charge is 2.10. The average molecular weight is 317 g/mol. The number of aromatic nitrogens is 2. The number of benzene rings is 1. The summed E-state index contributed by atoms with van der Waals surface area (Å²) in [6.07, 6.45) is 2.69. The fourth-order valence-electron chi connectivity index (χ4n) is 1.97. The zero-order valence-corrected chi connectivity index (χ0v) is 12.9. The molecule has 1 aromatic heterocycles. The topological polar surface area (TPSA) is 102 Å². The molecule has 1 amide bonds. The summed E-state index contributed by atoms with van der Waals surface area (Å²) in [5.74, 6) is -0.246. The van der Waals surface area contributed by atoms with Gasteiger partial charge in [-0.05, 0) is 31.2 Å². The van der Waals surface area contributed by atoms with Crippen LogP contribution in [0.25, 0.3) is 5.69 Å². The fraction of sp³-hybridized carbons (Fsp3) is 0.333. The molecular weight excluding hydrogens is 298 g/mol. The first-order chi connectivity index (χ1) is 11.1. The van der Waals surface area contributed by atoms with Crippen LogP contribution in [0, 0.1) is 10.1 Å². The number of nitrogens with one attached hydrogen (secondary N) is 2. The van der Waals surface area contributed by atoms with Crippen LogP contribution in [-0.4, -0.2) is 40.2 Å². The number of hydrogen-bond donors (Lipinski definition) is 2. The summed E-state index contributed by atoms with van der Waals surface area (Å²) in [4.78, 5) is 22.1. The fourth-order valence-corrected chi connectivity index (χ4v) is 1.97. The van der Waals surface area contributed by atoms with Crippen molar-refractivity contribution < 1.29 is 9.72 Å². The van der Waals surface area contributed by atoms with Crippen LogP contribution >= 0.6 is 0 Å². The number of carbonyl (C=O) groups is 1. The first-order valence-corrected chi connectivity index (χ1v) is 7.41. The van der Waals surface area contributed by atoms with Crippen molar-refractivity contribution in [3.8, 4) is 5.69 Å². The smallest absolute Gasteiger partial charge is 0.271 e. The van der Waals surface area contributed by atoms with Gasteiger partial charge in [-0.3, -0.25) is 14.9 Å². The number of amides is 1. The number of non-ortho nitro benzene ring substituents is 1. The van der Waals surface area contributed by atoms with Crippen LogP contribution in [0.5, 0.6) is 0 Å². The van der Waals surface area contributed by atoms with Gasteiger partial charge in [-0.15, -0.1) is 0 Å². The SMILES string of the molecule is CCCNCCNC(=O)c1ccn(-c2ccc([N+](=O)[O-])cc2)n1. The minimum absolute atomic E-state index is 0.0125. The summed E-state index contributed by atoms with van der Waals surface area (Å²) in [5.41, 5.74) is 0.969. The Morgan fingerprint density at radius 1 is 1.22 bits per heavy atom. The van der Waals surface area contributed by atoms with E-state index in [4.69, 9.17) is 0 Å². The molecule has 0 bridgehead atoms. The van der Waals surface area contributed by atoms with Gasteiger partial charge in [-0.1, -0.05) is 6.92 Å². The number of carbonyl (C=O) groups excluding carboxylic acids is 1. The standard InChI is InChI=1S/C15H19N5O3/c1-2-8-16-9-10-17-15(21)14-7-11-19(18-14)12-3-5-13(6-4-12)20(22)23/h3-7,11,16H,2,8-10H2,1H3,(H,17,21). The summed E-state index contributed by atoms with van der Waals surface area (Å²) in [6.45, 7) is 4.24. The Morgan fingerprint density at radius 3 is 2.61 bits per heavy atom. The lowest BCUT2D eigenvalue weighted by Crippen LogP contribution is -2.32. The third kappa shape index (κ3) is 4.62. The number of hydrogen-bond acceptors (Lipinski definition) is 5. The molecule has 1 heterocycles. The minimum atomic E-state index is -0.460. The van der Waals surface area contributed by atoms with Crippen LogP contribution in [-0.2, 0) is 0 Å². The molecule has 0 saturated carbocycles. The average Bonchev–Trinajstić information content (AvgIpc) is 3.04. The lowest BCUT2D eigenvalue weighted by atomic mass is 10.3. The third-order valence-electron chi connectivity index (χ3n) is 3.16. The number of nitro benzene ring substituents is 1. The van der Waals surface area contributed by atoms with Gasteiger partial charge in [-0.2, -0.15) is 5.10 Å². The summed E-state index contributed by atoms with van der Waals surface area (Å²) in [7, 11) is 0. The number of nitrogens with zero attached hydrogens (tertiary/aromatic N) is 3. The van der Waals surface area contributed by atoms with Crippen molar-refractivity contribution in [1.29, 1.82) is 0 Å². The highest BCUT2D eigenvalue weighted by Crippen LogP contribution is 2.14. The van der Waals surface area contributed by atoms with Crippen molar-refractivity contribution in [2.75, 3.05) is 19.6 Å².